The maximum absolute atomic E-state index is 12.6. The Morgan fingerprint density at radius 2 is 1.44 bits per heavy atom. The molecule has 0 aliphatic rings. The minimum absolute atomic E-state index is 0.177. The molecule has 0 spiro atoms. The average Bonchev–Trinajstić information content (AvgIpc) is 3.37. The van der Waals surface area contributed by atoms with Crippen LogP contribution in [0, 0.1) is 5.92 Å². The summed E-state index contributed by atoms with van der Waals surface area (Å²) in [7, 11) is -3.70. The molecule has 11 heteroatoms. The predicted molar refractivity (Wildman–Crippen MR) is 130 cm³/mol. The van der Waals surface area contributed by atoms with Crippen LogP contribution >= 0.6 is 11.3 Å². The molecule has 0 aliphatic heterocycles. The molecule has 3 rings (SSSR count). The van der Waals surface area contributed by atoms with Crippen LogP contribution in [-0.2, 0) is 14.8 Å². The summed E-state index contributed by atoms with van der Waals surface area (Å²) in [6, 6.07) is 16.5. The Labute approximate surface area is 201 Å². The number of thiophene rings is 1. The molecule has 3 aromatic rings. The quantitative estimate of drug-likeness (QED) is 0.353. The maximum atomic E-state index is 12.6. The van der Waals surface area contributed by atoms with E-state index >= 15 is 0 Å². The van der Waals surface area contributed by atoms with E-state index in [0.29, 0.717) is 5.56 Å². The minimum atomic E-state index is -3.70. The molecule has 3 amide bonds. The van der Waals surface area contributed by atoms with E-state index in [2.05, 4.69) is 20.9 Å². The summed E-state index contributed by atoms with van der Waals surface area (Å²) in [4.78, 5) is 37.4. The summed E-state index contributed by atoms with van der Waals surface area (Å²) >= 11 is 1.09. The Hall–Kier alpha value is -3.70. The molecule has 178 valence electrons. The first-order chi connectivity index (χ1) is 16.2. The fraction of sp³-hybridized carbons (Fsp3) is 0.174. The normalized spacial score (nSPS) is 12.0. The van der Waals surface area contributed by atoms with Gasteiger partial charge in [0.05, 0.1) is 0 Å². The van der Waals surface area contributed by atoms with Crippen molar-refractivity contribution in [3.8, 4) is 0 Å². The highest BCUT2D eigenvalue weighted by Gasteiger charge is 2.25. The summed E-state index contributed by atoms with van der Waals surface area (Å²) in [5, 5.41) is 4.33. The van der Waals surface area contributed by atoms with E-state index in [4.69, 9.17) is 0 Å². The van der Waals surface area contributed by atoms with Crippen molar-refractivity contribution < 1.29 is 22.8 Å². The molecule has 1 atom stereocenters. The van der Waals surface area contributed by atoms with Crippen LogP contribution in [0.25, 0.3) is 0 Å². The number of hydrogen-bond donors (Lipinski definition) is 4. The fourth-order valence-corrected chi connectivity index (χ4v) is 4.98. The van der Waals surface area contributed by atoms with Crippen LogP contribution in [0.1, 0.15) is 34.6 Å². The minimum Gasteiger partial charge on any atom is -0.340 e. The lowest BCUT2D eigenvalue weighted by molar-refractivity contribution is -0.124. The van der Waals surface area contributed by atoms with Gasteiger partial charge in [0.25, 0.3) is 27.7 Å². The third-order valence-corrected chi connectivity index (χ3v) is 7.51. The molecule has 0 aliphatic carbocycles. The summed E-state index contributed by atoms with van der Waals surface area (Å²) in [6.07, 6.45) is 0. The number of anilines is 1. The lowest BCUT2D eigenvalue weighted by Crippen LogP contribution is -2.54. The number of benzene rings is 2. The monoisotopic (exact) mass is 500 g/mol. The highest BCUT2D eigenvalue weighted by Crippen LogP contribution is 2.20. The van der Waals surface area contributed by atoms with Gasteiger partial charge < -0.3 is 5.32 Å². The maximum Gasteiger partial charge on any atom is 0.271 e. The topological polar surface area (TPSA) is 133 Å². The van der Waals surface area contributed by atoms with E-state index in [9.17, 15) is 22.8 Å². The Morgan fingerprint density at radius 1 is 0.794 bits per heavy atom. The van der Waals surface area contributed by atoms with Gasteiger partial charge in [0, 0.05) is 16.8 Å². The highest BCUT2D eigenvalue weighted by molar-refractivity contribution is 7.94. The molecule has 34 heavy (non-hydrogen) atoms. The first-order valence-electron chi connectivity index (χ1n) is 10.3. The zero-order valence-corrected chi connectivity index (χ0v) is 20.1. The number of carbonyl (C=O) groups excluding carboxylic acids is 3. The van der Waals surface area contributed by atoms with Gasteiger partial charge in [-0.05, 0) is 53.8 Å². The van der Waals surface area contributed by atoms with Crippen molar-refractivity contribution in [2.75, 3.05) is 4.72 Å². The lowest BCUT2D eigenvalue weighted by Gasteiger charge is -2.22. The van der Waals surface area contributed by atoms with E-state index in [1.807, 2.05) is 0 Å². The van der Waals surface area contributed by atoms with Crippen LogP contribution in [0.3, 0.4) is 0 Å². The van der Waals surface area contributed by atoms with Crippen molar-refractivity contribution in [3.05, 3.63) is 83.2 Å². The van der Waals surface area contributed by atoms with Crippen molar-refractivity contribution in [1.29, 1.82) is 0 Å². The second kappa shape index (κ2) is 10.9. The Morgan fingerprint density at radius 3 is 2.03 bits per heavy atom. The molecule has 0 radical (unpaired) electrons. The Kier molecular flexibility index (Phi) is 8.03. The van der Waals surface area contributed by atoms with Gasteiger partial charge in [0.1, 0.15) is 10.3 Å². The zero-order valence-electron chi connectivity index (χ0n) is 18.4. The van der Waals surface area contributed by atoms with Crippen LogP contribution in [0.15, 0.2) is 76.3 Å². The van der Waals surface area contributed by atoms with Crippen LogP contribution in [-0.4, -0.2) is 32.2 Å². The van der Waals surface area contributed by atoms with E-state index in [-0.39, 0.29) is 21.4 Å². The van der Waals surface area contributed by atoms with Crippen LogP contribution in [0.2, 0.25) is 0 Å². The van der Waals surface area contributed by atoms with E-state index in [1.54, 1.807) is 55.6 Å². The van der Waals surface area contributed by atoms with Crippen molar-refractivity contribution in [2.24, 2.45) is 5.92 Å². The predicted octanol–water partition coefficient (Wildman–Crippen LogP) is 2.76. The van der Waals surface area contributed by atoms with Gasteiger partial charge in [-0.3, -0.25) is 30.0 Å². The molecule has 0 unspecified atom stereocenters. The van der Waals surface area contributed by atoms with Gasteiger partial charge in [0.15, 0.2) is 0 Å². The molecule has 0 fully saturated rings. The standard InChI is InChI=1S/C23H24N4O5S2/c1-15(2)20(24-21(28)16-7-4-3-5-8-16)23(30)26-25-22(29)17-10-12-18(13-11-17)27-34(31,32)19-9-6-14-33-19/h3-15,20,27H,1-2H3,(H,24,28)(H,25,29)(H,26,30)/t20-/m0/s1. The molecule has 1 aromatic heterocycles. The second-order valence-corrected chi connectivity index (χ2v) is 10.5. The van der Waals surface area contributed by atoms with E-state index in [0.717, 1.165) is 11.3 Å². The van der Waals surface area contributed by atoms with Gasteiger partial charge in [-0.1, -0.05) is 38.1 Å². The van der Waals surface area contributed by atoms with Crippen LogP contribution < -0.4 is 20.9 Å². The molecule has 4 N–H and O–H groups in total. The number of hydrogen-bond acceptors (Lipinski definition) is 6. The number of nitrogens with one attached hydrogen (secondary N) is 4. The van der Waals surface area contributed by atoms with Gasteiger partial charge in [-0.15, -0.1) is 11.3 Å². The molecule has 0 saturated heterocycles. The van der Waals surface area contributed by atoms with Crippen LogP contribution in [0.5, 0.6) is 0 Å². The van der Waals surface area contributed by atoms with Crippen molar-refractivity contribution in [3.63, 3.8) is 0 Å². The average molecular weight is 501 g/mol. The number of amides is 3. The lowest BCUT2D eigenvalue weighted by atomic mass is 10.0. The molecule has 0 bridgehead atoms. The van der Waals surface area contributed by atoms with Gasteiger partial charge in [-0.25, -0.2) is 8.42 Å². The Bertz CT molecular complexity index is 1240. The number of sulfonamides is 1. The number of carbonyl (C=O) groups is 3. The van der Waals surface area contributed by atoms with Crippen LogP contribution in [0.4, 0.5) is 5.69 Å². The molecular formula is C23H24N4O5S2. The van der Waals surface area contributed by atoms with Gasteiger partial charge >= 0.3 is 0 Å². The first-order valence-corrected chi connectivity index (χ1v) is 12.7. The molecular weight excluding hydrogens is 476 g/mol. The SMILES string of the molecule is CC(C)[C@H](NC(=O)c1ccccc1)C(=O)NNC(=O)c1ccc(NS(=O)(=O)c2cccs2)cc1. The van der Waals surface area contributed by atoms with Crippen molar-refractivity contribution >= 4 is 44.8 Å². The first kappa shape index (κ1) is 24.9. The molecule has 0 saturated carbocycles. The summed E-state index contributed by atoms with van der Waals surface area (Å²) in [5.74, 6) is -1.81. The van der Waals surface area contributed by atoms with Gasteiger partial charge in [-0.2, -0.15) is 0 Å². The molecule has 9 nitrogen and oxygen atoms in total. The number of hydrazine groups is 1. The highest BCUT2D eigenvalue weighted by atomic mass is 32.2. The largest absolute Gasteiger partial charge is 0.340 e. The second-order valence-electron chi connectivity index (χ2n) is 7.62. The molecule has 1 heterocycles. The zero-order chi connectivity index (χ0) is 24.7. The summed E-state index contributed by atoms with van der Waals surface area (Å²) in [5.41, 5.74) is 5.55. The van der Waals surface area contributed by atoms with E-state index < -0.39 is 33.8 Å². The Balaban J connectivity index is 1.57. The van der Waals surface area contributed by atoms with Crippen molar-refractivity contribution in [1.82, 2.24) is 16.2 Å². The summed E-state index contributed by atoms with van der Waals surface area (Å²) < 4.78 is 27.2. The summed E-state index contributed by atoms with van der Waals surface area (Å²) in [6.45, 7) is 3.54. The fourth-order valence-electron chi connectivity index (χ4n) is 2.93. The molecule has 2 aromatic carbocycles. The van der Waals surface area contributed by atoms with Gasteiger partial charge in [0.2, 0.25) is 0 Å². The van der Waals surface area contributed by atoms with E-state index in [1.165, 1.54) is 30.3 Å². The third kappa shape index (κ3) is 6.42. The van der Waals surface area contributed by atoms with Crippen molar-refractivity contribution in [2.45, 2.75) is 24.1 Å². The number of rotatable bonds is 8. The smallest absolute Gasteiger partial charge is 0.271 e. The third-order valence-electron chi connectivity index (χ3n) is 4.73.